The van der Waals surface area contributed by atoms with Crippen molar-refractivity contribution in [2.75, 3.05) is 18.5 Å². The summed E-state index contributed by atoms with van der Waals surface area (Å²) < 4.78 is 18.5. The van der Waals surface area contributed by atoms with Crippen LogP contribution in [0.5, 0.6) is 0 Å². The quantitative estimate of drug-likeness (QED) is 0.776. The van der Waals surface area contributed by atoms with Crippen molar-refractivity contribution in [1.29, 1.82) is 0 Å². The third kappa shape index (κ3) is 5.12. The second-order valence-corrected chi connectivity index (χ2v) is 5.05. The first-order chi connectivity index (χ1) is 9.24. The molecule has 1 fully saturated rings. The molecule has 0 saturated heterocycles. The Balaban J connectivity index is 1.53. The smallest absolute Gasteiger partial charge is 0.141 e. The highest BCUT2D eigenvalue weighted by Gasteiger charge is 2.18. The summed E-state index contributed by atoms with van der Waals surface area (Å²) in [6.45, 7) is 1.53. The molecular weight excluding hydrogens is 245 g/mol. The minimum atomic E-state index is -0.315. The largest absolute Gasteiger partial charge is 0.378 e. The summed E-state index contributed by atoms with van der Waals surface area (Å²) in [5, 5.41) is 3.14. The Kier molecular flexibility index (Phi) is 5.54. The van der Waals surface area contributed by atoms with Crippen LogP contribution in [0.2, 0.25) is 0 Å². The van der Waals surface area contributed by atoms with Crippen LogP contribution >= 0.6 is 0 Å². The number of halogens is 1. The summed E-state index contributed by atoms with van der Waals surface area (Å²) in [5.41, 5.74) is 5.85. The lowest BCUT2D eigenvalue weighted by Crippen LogP contribution is -2.30. The zero-order chi connectivity index (χ0) is 13.5. The fourth-order valence-electron chi connectivity index (χ4n) is 2.27. The summed E-state index contributed by atoms with van der Waals surface area (Å²) in [6.07, 6.45) is 6.81. The fourth-order valence-corrected chi connectivity index (χ4v) is 2.27. The fraction of sp³-hybridized carbons (Fsp3) is 0.643. The van der Waals surface area contributed by atoms with Crippen molar-refractivity contribution in [2.24, 2.45) is 5.73 Å². The average molecular weight is 267 g/mol. The predicted molar refractivity (Wildman–Crippen MR) is 73.5 cm³/mol. The zero-order valence-electron chi connectivity index (χ0n) is 11.1. The number of nitrogens with zero attached hydrogens (tertiary/aromatic N) is 1. The Morgan fingerprint density at radius 1 is 1.32 bits per heavy atom. The van der Waals surface area contributed by atoms with Crippen molar-refractivity contribution >= 4 is 5.82 Å². The molecule has 19 heavy (non-hydrogen) atoms. The van der Waals surface area contributed by atoms with E-state index < -0.39 is 0 Å². The van der Waals surface area contributed by atoms with Gasteiger partial charge in [-0.15, -0.1) is 0 Å². The molecule has 3 N–H and O–H groups in total. The summed E-state index contributed by atoms with van der Waals surface area (Å²) in [4.78, 5) is 3.93. The van der Waals surface area contributed by atoms with E-state index in [1.54, 1.807) is 6.07 Å². The molecule has 5 heteroatoms. The molecule has 1 aliphatic rings. The summed E-state index contributed by atoms with van der Waals surface area (Å²) in [6, 6.07) is 3.40. The highest BCUT2D eigenvalue weighted by molar-refractivity contribution is 5.33. The van der Waals surface area contributed by atoms with Gasteiger partial charge in [0.1, 0.15) is 11.6 Å². The van der Waals surface area contributed by atoms with Crippen LogP contribution in [0.15, 0.2) is 18.3 Å². The number of ether oxygens (including phenoxy) is 1. The maximum absolute atomic E-state index is 12.6. The number of nitrogens with two attached hydrogens (primary N) is 1. The van der Waals surface area contributed by atoms with Gasteiger partial charge in [0.25, 0.3) is 0 Å². The van der Waals surface area contributed by atoms with E-state index in [4.69, 9.17) is 10.5 Å². The van der Waals surface area contributed by atoms with E-state index in [2.05, 4.69) is 10.3 Å². The minimum Gasteiger partial charge on any atom is -0.378 e. The van der Waals surface area contributed by atoms with Crippen LogP contribution in [0.1, 0.15) is 32.1 Å². The summed E-state index contributed by atoms with van der Waals surface area (Å²) in [5.74, 6) is 0.384. The molecule has 1 heterocycles. The van der Waals surface area contributed by atoms with Crippen molar-refractivity contribution < 1.29 is 9.13 Å². The van der Waals surface area contributed by atoms with Gasteiger partial charge in [-0.05, 0) is 44.2 Å². The summed E-state index contributed by atoms with van der Waals surface area (Å²) in [7, 11) is 0. The van der Waals surface area contributed by atoms with Crippen molar-refractivity contribution in [3.63, 3.8) is 0 Å². The Bertz CT molecular complexity index is 363. The molecule has 0 radical (unpaired) electrons. The average Bonchev–Trinajstić information content (AvgIpc) is 2.43. The van der Waals surface area contributed by atoms with Crippen LogP contribution in [0.4, 0.5) is 10.2 Å². The van der Waals surface area contributed by atoms with Gasteiger partial charge < -0.3 is 15.8 Å². The Hall–Kier alpha value is -1.20. The maximum Gasteiger partial charge on any atom is 0.141 e. The molecule has 0 aromatic carbocycles. The molecule has 1 aliphatic carbocycles. The Morgan fingerprint density at radius 2 is 2.11 bits per heavy atom. The van der Waals surface area contributed by atoms with Crippen molar-refractivity contribution in [3.8, 4) is 0 Å². The summed E-state index contributed by atoms with van der Waals surface area (Å²) >= 11 is 0. The number of nitrogens with one attached hydrogen (secondary N) is 1. The number of hydrogen-bond acceptors (Lipinski definition) is 4. The van der Waals surface area contributed by atoms with Crippen LogP contribution in [-0.2, 0) is 4.74 Å². The molecule has 0 amide bonds. The van der Waals surface area contributed by atoms with Gasteiger partial charge in [0, 0.05) is 19.2 Å². The molecular formula is C14H22FN3O. The van der Waals surface area contributed by atoms with Crippen LogP contribution in [0.3, 0.4) is 0 Å². The van der Waals surface area contributed by atoms with Crippen molar-refractivity contribution in [3.05, 3.63) is 24.1 Å². The van der Waals surface area contributed by atoms with Gasteiger partial charge in [0.2, 0.25) is 0 Å². The number of aromatic nitrogens is 1. The Labute approximate surface area is 113 Å². The molecule has 1 saturated carbocycles. The van der Waals surface area contributed by atoms with E-state index in [9.17, 15) is 4.39 Å². The van der Waals surface area contributed by atoms with Gasteiger partial charge in [0.15, 0.2) is 0 Å². The molecule has 1 aromatic heterocycles. The molecule has 106 valence electrons. The monoisotopic (exact) mass is 267 g/mol. The van der Waals surface area contributed by atoms with Crippen LogP contribution in [-0.4, -0.2) is 30.3 Å². The molecule has 0 bridgehead atoms. The second kappa shape index (κ2) is 7.40. The minimum absolute atomic E-state index is 0.315. The third-order valence-electron chi connectivity index (χ3n) is 3.43. The zero-order valence-corrected chi connectivity index (χ0v) is 11.1. The van der Waals surface area contributed by atoms with Gasteiger partial charge in [-0.1, -0.05) is 0 Å². The lowest BCUT2D eigenvalue weighted by atomic mass is 9.94. The van der Waals surface area contributed by atoms with E-state index >= 15 is 0 Å². The first kappa shape index (κ1) is 14.2. The third-order valence-corrected chi connectivity index (χ3v) is 3.43. The standard InChI is InChI=1S/C14H22FN3O/c15-11-2-7-14(18-10-11)17-8-1-9-19-13-5-3-12(16)4-6-13/h2,7,10,12-13H,1,3-6,8-9,16H2,(H,17,18). The van der Waals surface area contributed by atoms with Gasteiger partial charge in [-0.3, -0.25) is 0 Å². The van der Waals surface area contributed by atoms with E-state index in [0.717, 1.165) is 45.3 Å². The lowest BCUT2D eigenvalue weighted by molar-refractivity contribution is 0.0251. The lowest BCUT2D eigenvalue weighted by Gasteiger charge is -2.26. The van der Waals surface area contributed by atoms with Crippen molar-refractivity contribution in [1.82, 2.24) is 4.98 Å². The number of rotatable bonds is 6. The van der Waals surface area contributed by atoms with E-state index in [1.165, 1.54) is 12.3 Å². The maximum atomic E-state index is 12.6. The highest BCUT2D eigenvalue weighted by Crippen LogP contribution is 2.19. The first-order valence-corrected chi connectivity index (χ1v) is 6.96. The molecule has 2 rings (SSSR count). The number of anilines is 1. The second-order valence-electron chi connectivity index (χ2n) is 5.05. The van der Waals surface area contributed by atoms with Crippen LogP contribution < -0.4 is 11.1 Å². The predicted octanol–water partition coefficient (Wildman–Crippen LogP) is 2.31. The SMILES string of the molecule is NC1CCC(OCCCNc2ccc(F)cn2)CC1. The molecule has 1 aromatic rings. The molecule has 0 unspecified atom stereocenters. The van der Waals surface area contributed by atoms with Gasteiger partial charge in [0.05, 0.1) is 12.3 Å². The normalized spacial score (nSPS) is 23.3. The molecule has 0 atom stereocenters. The number of pyridine rings is 1. The molecule has 4 nitrogen and oxygen atoms in total. The first-order valence-electron chi connectivity index (χ1n) is 6.96. The van der Waals surface area contributed by atoms with E-state index in [1.807, 2.05) is 0 Å². The topological polar surface area (TPSA) is 60.2 Å². The van der Waals surface area contributed by atoms with Gasteiger partial charge in [-0.2, -0.15) is 0 Å². The number of hydrogen-bond donors (Lipinski definition) is 2. The molecule has 0 spiro atoms. The highest BCUT2D eigenvalue weighted by atomic mass is 19.1. The molecule has 0 aliphatic heterocycles. The van der Waals surface area contributed by atoms with Crippen LogP contribution in [0.25, 0.3) is 0 Å². The van der Waals surface area contributed by atoms with E-state index in [0.29, 0.717) is 18.0 Å². The van der Waals surface area contributed by atoms with E-state index in [-0.39, 0.29) is 5.82 Å². The Morgan fingerprint density at radius 3 is 2.79 bits per heavy atom. The van der Waals surface area contributed by atoms with Gasteiger partial charge in [-0.25, -0.2) is 9.37 Å². The van der Waals surface area contributed by atoms with Crippen molar-refractivity contribution in [2.45, 2.75) is 44.2 Å². The van der Waals surface area contributed by atoms with Crippen LogP contribution in [0, 0.1) is 5.82 Å². The van der Waals surface area contributed by atoms with Gasteiger partial charge >= 0.3 is 0 Å².